The van der Waals surface area contributed by atoms with Gasteiger partial charge in [-0.05, 0) is 96.3 Å². The lowest BCUT2D eigenvalue weighted by molar-refractivity contribution is -0.359. The Morgan fingerprint density at radius 2 is 0.932 bits per heavy atom. The van der Waals surface area contributed by atoms with Crippen molar-refractivity contribution in [3.05, 3.63) is 134 Å². The molecule has 0 aromatic carbocycles. The number of aliphatic hydroxyl groups excluding tert-OH is 8. The maximum Gasteiger partial charge on any atom is 0.220 e. The average Bonchev–Trinajstić information content (AvgIpc) is 3.40. The fourth-order valence-electron chi connectivity index (χ4n) is 7.90. The summed E-state index contributed by atoms with van der Waals surface area (Å²) >= 11 is 0. The van der Waals surface area contributed by atoms with Gasteiger partial charge in [-0.15, -0.1) is 0 Å². The number of hydrogen-bond acceptors (Lipinski definition) is 13. The van der Waals surface area contributed by atoms with Gasteiger partial charge in [-0.3, -0.25) is 4.79 Å². The third-order valence-electron chi connectivity index (χ3n) is 12.3. The molecule has 0 saturated carbocycles. The average molecular weight is 1040 g/mol. The number of carbonyl (C=O) groups is 1. The SMILES string of the molecule is CC/C=C\C/C=C\C/C=C\C/C=C\C/C=C\C/C=C\C/C=C\C/C=C\C/C=C\C/C=C\CCCCCCC(=O)NC(COC1OC(CO)C(OC2OC(CO)C(O)C(O)C2O)C(O)C1O)C(O)/C=C/CCCCC. The predicted octanol–water partition coefficient (Wildman–Crippen LogP) is 8.43. The number of amides is 1. The Kier molecular flexibility index (Phi) is 39.6. The Morgan fingerprint density at radius 3 is 1.42 bits per heavy atom. The van der Waals surface area contributed by atoms with Crippen molar-refractivity contribution in [2.45, 2.75) is 216 Å². The van der Waals surface area contributed by atoms with Crippen molar-refractivity contribution in [2.75, 3.05) is 19.8 Å². The highest BCUT2D eigenvalue weighted by atomic mass is 16.7. The molecule has 0 bridgehead atoms. The van der Waals surface area contributed by atoms with E-state index in [4.69, 9.17) is 18.9 Å². The van der Waals surface area contributed by atoms with Crippen LogP contribution >= 0.6 is 0 Å². The maximum absolute atomic E-state index is 13.1. The molecule has 0 aromatic rings. The first-order chi connectivity index (χ1) is 36.1. The van der Waals surface area contributed by atoms with Gasteiger partial charge >= 0.3 is 0 Å². The summed E-state index contributed by atoms with van der Waals surface area (Å²) in [6.07, 6.45) is 48.6. The van der Waals surface area contributed by atoms with Gasteiger partial charge in [0.25, 0.3) is 0 Å². The van der Waals surface area contributed by atoms with E-state index >= 15 is 0 Å². The second-order valence-electron chi connectivity index (χ2n) is 18.6. The van der Waals surface area contributed by atoms with Crippen LogP contribution in [0.5, 0.6) is 0 Å². The lowest BCUT2D eigenvalue weighted by atomic mass is 9.97. The molecule has 14 heteroatoms. The number of rotatable bonds is 40. The molecule has 0 spiro atoms. The summed E-state index contributed by atoms with van der Waals surface area (Å²) in [5, 5.41) is 86.2. The molecule has 2 aliphatic rings. The van der Waals surface area contributed by atoms with Crippen molar-refractivity contribution in [3.63, 3.8) is 0 Å². The summed E-state index contributed by atoms with van der Waals surface area (Å²) in [5.74, 6) is -0.279. The van der Waals surface area contributed by atoms with Gasteiger partial charge in [-0.25, -0.2) is 0 Å². The van der Waals surface area contributed by atoms with E-state index in [1.165, 1.54) is 0 Å². The fourth-order valence-corrected chi connectivity index (χ4v) is 7.90. The monoisotopic (exact) mass is 1040 g/mol. The molecule has 14 nitrogen and oxygen atoms in total. The van der Waals surface area contributed by atoms with E-state index in [0.717, 1.165) is 116 Å². The number of allylic oxidation sites excluding steroid dienone is 21. The number of hydrogen-bond donors (Lipinski definition) is 9. The fraction of sp³-hybridized carbons (Fsp3) is 0.617. The molecular weight excluding hydrogens is 943 g/mol. The second kappa shape index (κ2) is 44.3. The van der Waals surface area contributed by atoms with Crippen LogP contribution in [0.4, 0.5) is 0 Å². The Labute approximate surface area is 443 Å². The van der Waals surface area contributed by atoms with Gasteiger partial charge < -0.3 is 65.1 Å². The van der Waals surface area contributed by atoms with Crippen LogP contribution in [0.15, 0.2) is 134 Å². The summed E-state index contributed by atoms with van der Waals surface area (Å²) in [5.41, 5.74) is 0. The minimum atomic E-state index is -1.80. The van der Waals surface area contributed by atoms with Gasteiger partial charge in [0.05, 0.1) is 32.0 Å². The van der Waals surface area contributed by atoms with E-state index in [1.807, 2.05) is 6.08 Å². The van der Waals surface area contributed by atoms with Gasteiger partial charge in [0.1, 0.15) is 48.8 Å². The molecule has 74 heavy (non-hydrogen) atoms. The minimum absolute atomic E-state index is 0.240. The van der Waals surface area contributed by atoms with Crippen molar-refractivity contribution < 1.29 is 64.6 Å². The quantitative estimate of drug-likeness (QED) is 0.0208. The van der Waals surface area contributed by atoms with E-state index in [9.17, 15) is 45.6 Å². The summed E-state index contributed by atoms with van der Waals surface area (Å²) in [6.45, 7) is 2.49. The van der Waals surface area contributed by atoms with Crippen LogP contribution in [0.3, 0.4) is 0 Å². The van der Waals surface area contributed by atoms with E-state index in [1.54, 1.807) is 6.08 Å². The van der Waals surface area contributed by atoms with Crippen molar-refractivity contribution in [2.24, 2.45) is 0 Å². The first-order valence-electron chi connectivity index (χ1n) is 27.4. The Hall–Kier alpha value is -3.87. The second-order valence-corrected chi connectivity index (χ2v) is 18.6. The lowest BCUT2D eigenvalue weighted by Gasteiger charge is -2.46. The standard InChI is InChI=1S/C60H95NO13/c1-3-5-7-9-10-11-12-13-14-15-16-17-18-19-20-21-22-23-24-25-26-27-28-29-30-31-32-33-34-35-36-37-38-40-42-44-52(65)61-48(49(64)43-41-39-8-6-4-2)47-71-59-57(70)55(68)58(51(46-63)73-59)74-60-56(69)54(67)53(66)50(45-62)72-60/h5,7,10-11,13-14,16-17,19-20,22-23,25-26,28-29,31-32,34-35,41,43,48-51,53-60,62-64,66-70H,3-4,6,8-9,12,15,18,21,24,27,30,33,36-40,42,44-47H2,1-2H3,(H,61,65)/b7-5-,11-10-,14-13-,17-16-,20-19-,23-22-,26-25-,29-28-,32-31-,35-34-,43-41+. The van der Waals surface area contributed by atoms with Gasteiger partial charge in [-0.1, -0.05) is 173 Å². The highest BCUT2D eigenvalue weighted by Crippen LogP contribution is 2.30. The van der Waals surface area contributed by atoms with E-state index in [0.29, 0.717) is 6.42 Å². The molecule has 2 aliphatic heterocycles. The Bertz CT molecular complexity index is 1750. The summed E-state index contributed by atoms with van der Waals surface area (Å²) in [4.78, 5) is 13.1. The molecule has 1 amide bonds. The van der Waals surface area contributed by atoms with Gasteiger partial charge in [0, 0.05) is 6.42 Å². The highest BCUT2D eigenvalue weighted by Gasteiger charge is 2.51. The highest BCUT2D eigenvalue weighted by molar-refractivity contribution is 5.76. The van der Waals surface area contributed by atoms with Crippen LogP contribution in [-0.2, 0) is 23.7 Å². The summed E-state index contributed by atoms with van der Waals surface area (Å²) < 4.78 is 22.5. The van der Waals surface area contributed by atoms with Crippen LogP contribution in [0, 0.1) is 0 Å². The molecule has 12 atom stereocenters. The molecule has 0 aromatic heterocycles. The normalized spacial score (nSPS) is 26.3. The number of nitrogens with one attached hydrogen (secondary N) is 1. The Balaban J connectivity index is 1.62. The first kappa shape index (κ1) is 66.2. The molecule has 12 unspecified atom stereocenters. The van der Waals surface area contributed by atoms with Crippen LogP contribution in [0.1, 0.15) is 142 Å². The van der Waals surface area contributed by atoms with Gasteiger partial charge in [-0.2, -0.15) is 0 Å². The van der Waals surface area contributed by atoms with Crippen LogP contribution < -0.4 is 5.32 Å². The molecular formula is C60H95NO13. The van der Waals surface area contributed by atoms with Gasteiger partial charge in [0.15, 0.2) is 12.6 Å². The molecule has 0 radical (unpaired) electrons. The molecule has 9 N–H and O–H groups in total. The predicted molar refractivity (Wildman–Crippen MR) is 295 cm³/mol. The van der Waals surface area contributed by atoms with Crippen molar-refractivity contribution in [1.82, 2.24) is 5.32 Å². The number of carbonyl (C=O) groups excluding carboxylic acids is 1. The summed E-state index contributed by atoms with van der Waals surface area (Å²) in [6, 6.07) is -0.934. The smallest absolute Gasteiger partial charge is 0.220 e. The molecule has 418 valence electrons. The third kappa shape index (κ3) is 30.0. The largest absolute Gasteiger partial charge is 0.394 e. The Morgan fingerprint density at radius 1 is 0.500 bits per heavy atom. The first-order valence-corrected chi connectivity index (χ1v) is 27.4. The van der Waals surface area contributed by atoms with Crippen molar-refractivity contribution in [1.29, 1.82) is 0 Å². The zero-order valence-corrected chi connectivity index (χ0v) is 44.5. The van der Waals surface area contributed by atoms with Crippen LogP contribution in [0.2, 0.25) is 0 Å². The van der Waals surface area contributed by atoms with Crippen LogP contribution in [-0.4, -0.2) is 140 Å². The minimum Gasteiger partial charge on any atom is -0.394 e. The van der Waals surface area contributed by atoms with Crippen molar-refractivity contribution >= 4 is 5.91 Å². The molecule has 2 saturated heterocycles. The van der Waals surface area contributed by atoms with E-state index in [-0.39, 0.29) is 18.9 Å². The summed E-state index contributed by atoms with van der Waals surface area (Å²) in [7, 11) is 0. The molecule has 2 heterocycles. The van der Waals surface area contributed by atoms with E-state index < -0.39 is 86.8 Å². The molecule has 2 rings (SSSR count). The number of ether oxygens (including phenoxy) is 4. The maximum atomic E-state index is 13.1. The topological polar surface area (TPSA) is 228 Å². The molecule has 2 fully saturated rings. The van der Waals surface area contributed by atoms with Crippen molar-refractivity contribution in [3.8, 4) is 0 Å². The lowest BCUT2D eigenvalue weighted by Crippen LogP contribution is -2.65. The number of aliphatic hydroxyl groups is 8. The zero-order chi connectivity index (χ0) is 53.9. The van der Waals surface area contributed by atoms with E-state index in [2.05, 4.69) is 141 Å². The zero-order valence-electron chi connectivity index (χ0n) is 44.5. The molecule has 0 aliphatic carbocycles. The van der Waals surface area contributed by atoms with Crippen LogP contribution in [0.25, 0.3) is 0 Å². The number of unbranched alkanes of at least 4 members (excludes halogenated alkanes) is 7. The van der Waals surface area contributed by atoms with Gasteiger partial charge in [0.2, 0.25) is 5.91 Å². The third-order valence-corrected chi connectivity index (χ3v) is 12.3.